The van der Waals surface area contributed by atoms with Crippen LogP contribution in [0, 0.1) is 0 Å². The van der Waals surface area contributed by atoms with Crippen molar-refractivity contribution in [1.29, 1.82) is 0 Å². The summed E-state index contributed by atoms with van der Waals surface area (Å²) in [6.45, 7) is 1.69. The zero-order chi connectivity index (χ0) is 12.3. The lowest BCUT2D eigenvalue weighted by Crippen LogP contribution is -2.32. The van der Waals surface area contributed by atoms with Crippen molar-refractivity contribution in [3.05, 3.63) is 18.2 Å². The number of carbonyl (C=O) groups is 1. The third-order valence-corrected chi connectivity index (χ3v) is 2.82. The second kappa shape index (κ2) is 5.03. The molecule has 1 aliphatic rings. The van der Waals surface area contributed by atoms with E-state index in [0.717, 1.165) is 31.7 Å². The highest BCUT2D eigenvalue weighted by Gasteiger charge is 2.18. The number of nitrogens with one attached hydrogen (secondary N) is 1. The lowest BCUT2D eigenvalue weighted by molar-refractivity contribution is 0.222. The van der Waals surface area contributed by atoms with Crippen LogP contribution >= 0.6 is 0 Å². The average molecular weight is 234 g/mol. The lowest BCUT2D eigenvalue weighted by atomic mass is 10.4. The summed E-state index contributed by atoms with van der Waals surface area (Å²) in [5.41, 5.74) is 0. The molecule has 1 saturated heterocycles. The number of rotatable bonds is 2. The van der Waals surface area contributed by atoms with Gasteiger partial charge in [0.25, 0.3) is 0 Å². The van der Waals surface area contributed by atoms with Crippen molar-refractivity contribution in [1.82, 2.24) is 9.88 Å². The molecule has 2 amide bonds. The largest absolute Gasteiger partial charge is 0.363 e. The number of likely N-dealkylation sites (tertiary alicyclic amines) is 1. The van der Waals surface area contributed by atoms with Crippen molar-refractivity contribution in [3.8, 4) is 0 Å². The highest BCUT2D eigenvalue weighted by Crippen LogP contribution is 2.13. The molecule has 0 unspecified atom stereocenters. The molecule has 0 aromatic carbocycles. The number of aromatic nitrogens is 1. The third kappa shape index (κ3) is 2.87. The van der Waals surface area contributed by atoms with Gasteiger partial charge in [0, 0.05) is 27.2 Å². The summed E-state index contributed by atoms with van der Waals surface area (Å²) in [6, 6.07) is 5.56. The first-order valence-corrected chi connectivity index (χ1v) is 5.87. The molecule has 17 heavy (non-hydrogen) atoms. The van der Waals surface area contributed by atoms with Crippen LogP contribution in [-0.2, 0) is 0 Å². The quantitative estimate of drug-likeness (QED) is 0.848. The molecule has 2 heterocycles. The van der Waals surface area contributed by atoms with Gasteiger partial charge in [-0.1, -0.05) is 6.07 Å². The van der Waals surface area contributed by atoms with Crippen molar-refractivity contribution in [2.45, 2.75) is 12.8 Å². The molecule has 2 rings (SSSR count). The van der Waals surface area contributed by atoms with Crippen LogP contribution in [0.5, 0.6) is 0 Å². The highest BCUT2D eigenvalue weighted by atomic mass is 16.2. The van der Waals surface area contributed by atoms with Gasteiger partial charge in [-0.05, 0) is 25.0 Å². The summed E-state index contributed by atoms with van der Waals surface area (Å²) >= 11 is 0. The molecule has 0 saturated carbocycles. The Morgan fingerprint density at radius 2 is 2.06 bits per heavy atom. The lowest BCUT2D eigenvalue weighted by Gasteiger charge is -2.17. The van der Waals surface area contributed by atoms with E-state index in [1.165, 1.54) is 0 Å². The smallest absolute Gasteiger partial charge is 0.323 e. The van der Waals surface area contributed by atoms with Crippen molar-refractivity contribution in [3.63, 3.8) is 0 Å². The monoisotopic (exact) mass is 234 g/mol. The van der Waals surface area contributed by atoms with Crippen LogP contribution in [0.15, 0.2) is 18.2 Å². The Labute approximate surface area is 101 Å². The molecule has 1 fully saturated rings. The number of urea groups is 1. The van der Waals surface area contributed by atoms with E-state index in [0.29, 0.717) is 5.82 Å². The summed E-state index contributed by atoms with van der Waals surface area (Å²) < 4.78 is 0. The minimum absolute atomic E-state index is 0.0501. The van der Waals surface area contributed by atoms with E-state index in [1.807, 2.05) is 36.0 Å². The number of hydrogen-bond donors (Lipinski definition) is 1. The van der Waals surface area contributed by atoms with Crippen molar-refractivity contribution in [2.75, 3.05) is 37.4 Å². The van der Waals surface area contributed by atoms with E-state index in [9.17, 15) is 4.79 Å². The molecule has 1 aromatic rings. The van der Waals surface area contributed by atoms with Gasteiger partial charge in [-0.15, -0.1) is 0 Å². The molecular weight excluding hydrogens is 216 g/mol. The molecule has 92 valence electrons. The predicted molar refractivity (Wildman–Crippen MR) is 68.4 cm³/mol. The van der Waals surface area contributed by atoms with E-state index in [-0.39, 0.29) is 6.03 Å². The van der Waals surface area contributed by atoms with Crippen molar-refractivity contribution < 1.29 is 4.79 Å². The molecule has 0 aliphatic carbocycles. The number of amides is 2. The maximum absolute atomic E-state index is 11.9. The zero-order valence-electron chi connectivity index (χ0n) is 10.3. The van der Waals surface area contributed by atoms with Gasteiger partial charge in [0.2, 0.25) is 0 Å². The maximum atomic E-state index is 11.9. The predicted octanol–water partition coefficient (Wildman–Crippen LogP) is 1.78. The van der Waals surface area contributed by atoms with Crippen LogP contribution in [0.3, 0.4) is 0 Å². The van der Waals surface area contributed by atoms with Gasteiger partial charge in [0.1, 0.15) is 11.6 Å². The molecule has 5 heteroatoms. The third-order valence-electron chi connectivity index (χ3n) is 2.82. The normalized spacial score (nSPS) is 14.8. The van der Waals surface area contributed by atoms with Gasteiger partial charge >= 0.3 is 6.03 Å². The van der Waals surface area contributed by atoms with Crippen LogP contribution in [0.2, 0.25) is 0 Å². The first kappa shape index (κ1) is 11.7. The van der Waals surface area contributed by atoms with Gasteiger partial charge in [-0.25, -0.2) is 9.78 Å². The Hall–Kier alpha value is -1.78. The average Bonchev–Trinajstić information content (AvgIpc) is 2.82. The minimum atomic E-state index is -0.0501. The van der Waals surface area contributed by atoms with Gasteiger partial charge in [0.05, 0.1) is 0 Å². The van der Waals surface area contributed by atoms with Gasteiger partial charge in [-0.3, -0.25) is 5.32 Å². The Kier molecular flexibility index (Phi) is 3.46. The van der Waals surface area contributed by atoms with E-state index in [2.05, 4.69) is 10.3 Å². The number of carbonyl (C=O) groups excluding carboxylic acids is 1. The molecule has 0 radical (unpaired) electrons. The van der Waals surface area contributed by atoms with Gasteiger partial charge in [0.15, 0.2) is 0 Å². The fourth-order valence-electron chi connectivity index (χ4n) is 1.85. The van der Waals surface area contributed by atoms with Gasteiger partial charge in [-0.2, -0.15) is 0 Å². The van der Waals surface area contributed by atoms with Crippen LogP contribution < -0.4 is 10.2 Å². The van der Waals surface area contributed by atoms with E-state index < -0.39 is 0 Å². The number of hydrogen-bond acceptors (Lipinski definition) is 3. The second-order valence-corrected chi connectivity index (χ2v) is 4.40. The Balaban J connectivity index is 2.02. The maximum Gasteiger partial charge on any atom is 0.323 e. The van der Waals surface area contributed by atoms with Crippen LogP contribution in [0.4, 0.5) is 16.4 Å². The summed E-state index contributed by atoms with van der Waals surface area (Å²) in [6.07, 6.45) is 2.19. The second-order valence-electron chi connectivity index (χ2n) is 4.40. The fourth-order valence-corrected chi connectivity index (χ4v) is 1.85. The van der Waals surface area contributed by atoms with Crippen LogP contribution in [0.25, 0.3) is 0 Å². The molecule has 1 aliphatic heterocycles. The summed E-state index contributed by atoms with van der Waals surface area (Å²) in [7, 11) is 3.85. The summed E-state index contributed by atoms with van der Waals surface area (Å²) in [4.78, 5) is 19.9. The van der Waals surface area contributed by atoms with Crippen LogP contribution in [-0.4, -0.2) is 43.1 Å². The number of nitrogens with zero attached hydrogens (tertiary/aromatic N) is 3. The Morgan fingerprint density at radius 1 is 1.35 bits per heavy atom. The molecule has 0 bridgehead atoms. The minimum Gasteiger partial charge on any atom is -0.363 e. The zero-order valence-corrected chi connectivity index (χ0v) is 10.3. The first-order valence-electron chi connectivity index (χ1n) is 5.87. The summed E-state index contributed by atoms with van der Waals surface area (Å²) in [5, 5.41) is 2.83. The molecule has 0 atom stereocenters. The van der Waals surface area contributed by atoms with E-state index in [1.54, 1.807) is 6.07 Å². The van der Waals surface area contributed by atoms with E-state index in [4.69, 9.17) is 0 Å². The SMILES string of the molecule is CN(C)c1cccc(NC(=O)N2CCCC2)n1. The van der Waals surface area contributed by atoms with Crippen molar-refractivity contribution >= 4 is 17.7 Å². The standard InChI is InChI=1S/C12H18N4O/c1-15(2)11-7-5-6-10(13-11)14-12(17)16-8-3-4-9-16/h5-7H,3-4,8-9H2,1-2H3,(H,13,14,17). The highest BCUT2D eigenvalue weighted by molar-refractivity contribution is 5.88. The molecule has 5 nitrogen and oxygen atoms in total. The fraction of sp³-hybridized carbons (Fsp3) is 0.500. The number of pyridine rings is 1. The number of anilines is 2. The van der Waals surface area contributed by atoms with Crippen LogP contribution in [0.1, 0.15) is 12.8 Å². The Bertz CT molecular complexity index is 399. The molecular formula is C12H18N4O. The van der Waals surface area contributed by atoms with E-state index >= 15 is 0 Å². The molecule has 1 N–H and O–H groups in total. The Morgan fingerprint density at radius 3 is 2.71 bits per heavy atom. The summed E-state index contributed by atoms with van der Waals surface area (Å²) in [5.74, 6) is 1.44. The molecule has 0 spiro atoms. The molecule has 1 aromatic heterocycles. The van der Waals surface area contributed by atoms with Gasteiger partial charge < -0.3 is 9.80 Å². The first-order chi connectivity index (χ1) is 8.16. The van der Waals surface area contributed by atoms with Crippen molar-refractivity contribution in [2.24, 2.45) is 0 Å². The topological polar surface area (TPSA) is 48.5 Å².